The standard InChI is InChI=1S/C16H18O2S/c1-2-18-16-6-4-3-5-14(16)12-19-15-9-7-13(11-17)8-10-15/h3-10,17H,2,11-12H2,1H3. The van der Waals surface area contributed by atoms with E-state index < -0.39 is 0 Å². The predicted octanol–water partition coefficient (Wildman–Crippen LogP) is 3.87. The molecule has 0 aliphatic rings. The van der Waals surface area contributed by atoms with Gasteiger partial charge >= 0.3 is 0 Å². The lowest BCUT2D eigenvalue weighted by atomic mass is 10.2. The summed E-state index contributed by atoms with van der Waals surface area (Å²) >= 11 is 1.77. The Morgan fingerprint density at radius 2 is 1.79 bits per heavy atom. The van der Waals surface area contributed by atoms with E-state index in [1.807, 2.05) is 49.4 Å². The van der Waals surface area contributed by atoms with Crippen molar-refractivity contribution in [3.63, 3.8) is 0 Å². The molecule has 0 aromatic heterocycles. The highest BCUT2D eigenvalue weighted by atomic mass is 32.2. The zero-order valence-electron chi connectivity index (χ0n) is 11.0. The van der Waals surface area contributed by atoms with Gasteiger partial charge in [-0.25, -0.2) is 0 Å². The van der Waals surface area contributed by atoms with Crippen LogP contribution < -0.4 is 4.74 Å². The van der Waals surface area contributed by atoms with Gasteiger partial charge in [0.25, 0.3) is 0 Å². The van der Waals surface area contributed by atoms with Crippen molar-refractivity contribution >= 4 is 11.8 Å². The van der Waals surface area contributed by atoms with Crippen LogP contribution in [0.5, 0.6) is 5.75 Å². The summed E-state index contributed by atoms with van der Waals surface area (Å²) in [7, 11) is 0. The minimum atomic E-state index is 0.0954. The Bertz CT molecular complexity index is 508. The predicted molar refractivity (Wildman–Crippen MR) is 79.5 cm³/mol. The lowest BCUT2D eigenvalue weighted by molar-refractivity contribution is 0.282. The maximum Gasteiger partial charge on any atom is 0.123 e. The first kappa shape index (κ1) is 14.0. The number of thioether (sulfide) groups is 1. The maximum atomic E-state index is 9.01. The number of para-hydroxylation sites is 1. The average Bonchev–Trinajstić information content (AvgIpc) is 2.47. The second kappa shape index (κ2) is 7.22. The molecule has 0 heterocycles. The Labute approximate surface area is 118 Å². The molecule has 3 heteroatoms. The van der Waals surface area contributed by atoms with Gasteiger partial charge in [-0.3, -0.25) is 0 Å². The largest absolute Gasteiger partial charge is 0.494 e. The molecule has 2 rings (SSSR count). The fourth-order valence-electron chi connectivity index (χ4n) is 1.77. The molecule has 0 radical (unpaired) electrons. The first-order valence-corrected chi connectivity index (χ1v) is 7.35. The van der Waals surface area contributed by atoms with Gasteiger partial charge in [-0.15, -0.1) is 11.8 Å². The van der Waals surface area contributed by atoms with E-state index in [4.69, 9.17) is 9.84 Å². The Balaban J connectivity index is 2.01. The Morgan fingerprint density at radius 3 is 2.47 bits per heavy atom. The van der Waals surface area contributed by atoms with E-state index in [0.717, 1.165) is 17.1 Å². The fraction of sp³-hybridized carbons (Fsp3) is 0.250. The number of ether oxygens (including phenoxy) is 1. The number of hydrogen-bond acceptors (Lipinski definition) is 3. The van der Waals surface area contributed by atoms with Crippen molar-refractivity contribution in [2.75, 3.05) is 6.61 Å². The molecular weight excluding hydrogens is 256 g/mol. The number of aliphatic hydroxyl groups excluding tert-OH is 1. The molecule has 0 fully saturated rings. The van der Waals surface area contributed by atoms with Crippen LogP contribution in [0.1, 0.15) is 18.1 Å². The van der Waals surface area contributed by atoms with Crippen molar-refractivity contribution in [1.29, 1.82) is 0 Å². The molecule has 0 unspecified atom stereocenters. The van der Waals surface area contributed by atoms with Crippen LogP contribution in [0, 0.1) is 0 Å². The molecule has 0 bridgehead atoms. The Kier molecular flexibility index (Phi) is 5.31. The van der Waals surface area contributed by atoms with Gasteiger partial charge in [0.05, 0.1) is 13.2 Å². The highest BCUT2D eigenvalue weighted by Crippen LogP contribution is 2.28. The van der Waals surface area contributed by atoms with Gasteiger partial charge in [0.1, 0.15) is 5.75 Å². The topological polar surface area (TPSA) is 29.5 Å². The Morgan fingerprint density at radius 1 is 1.05 bits per heavy atom. The summed E-state index contributed by atoms with van der Waals surface area (Å²) in [5.41, 5.74) is 2.15. The van der Waals surface area contributed by atoms with Gasteiger partial charge in [0.2, 0.25) is 0 Å². The molecule has 1 N–H and O–H groups in total. The molecule has 0 spiro atoms. The molecule has 0 atom stereocenters. The van der Waals surface area contributed by atoms with Crippen molar-refractivity contribution in [2.45, 2.75) is 24.2 Å². The van der Waals surface area contributed by atoms with Crippen molar-refractivity contribution in [3.05, 3.63) is 59.7 Å². The highest BCUT2D eigenvalue weighted by Gasteiger charge is 2.03. The highest BCUT2D eigenvalue weighted by molar-refractivity contribution is 7.98. The number of benzene rings is 2. The van der Waals surface area contributed by atoms with Crippen molar-refractivity contribution in [1.82, 2.24) is 0 Å². The summed E-state index contributed by atoms with van der Waals surface area (Å²) in [5.74, 6) is 1.85. The summed E-state index contributed by atoms with van der Waals surface area (Å²) in [6.07, 6.45) is 0. The van der Waals surface area contributed by atoms with Crippen LogP contribution in [0.2, 0.25) is 0 Å². The van der Waals surface area contributed by atoms with Gasteiger partial charge < -0.3 is 9.84 Å². The molecule has 0 aliphatic carbocycles. The van der Waals surface area contributed by atoms with Crippen LogP contribution in [-0.2, 0) is 12.4 Å². The third kappa shape index (κ3) is 4.01. The minimum absolute atomic E-state index is 0.0954. The molecule has 19 heavy (non-hydrogen) atoms. The summed E-state index contributed by atoms with van der Waals surface area (Å²) in [6.45, 7) is 2.78. The molecule has 0 saturated heterocycles. The summed E-state index contributed by atoms with van der Waals surface area (Å²) in [6, 6.07) is 16.1. The maximum absolute atomic E-state index is 9.01. The lowest BCUT2D eigenvalue weighted by Crippen LogP contribution is -1.95. The third-order valence-corrected chi connectivity index (χ3v) is 3.83. The van der Waals surface area contributed by atoms with Gasteiger partial charge in [0.15, 0.2) is 0 Å². The lowest BCUT2D eigenvalue weighted by Gasteiger charge is -2.09. The van der Waals surface area contributed by atoms with Crippen LogP contribution in [0.25, 0.3) is 0 Å². The molecule has 0 saturated carbocycles. The van der Waals surface area contributed by atoms with Crippen molar-refractivity contribution in [2.24, 2.45) is 0 Å². The van der Waals surface area contributed by atoms with Crippen molar-refractivity contribution < 1.29 is 9.84 Å². The van der Waals surface area contributed by atoms with Gasteiger partial charge in [0, 0.05) is 16.2 Å². The second-order valence-electron chi connectivity index (χ2n) is 4.13. The smallest absolute Gasteiger partial charge is 0.123 e. The number of rotatable bonds is 6. The molecular formula is C16H18O2S. The van der Waals surface area contributed by atoms with Crippen LogP contribution in [0.3, 0.4) is 0 Å². The monoisotopic (exact) mass is 274 g/mol. The minimum Gasteiger partial charge on any atom is -0.494 e. The van der Waals surface area contributed by atoms with E-state index in [0.29, 0.717) is 6.61 Å². The molecule has 2 aromatic rings. The van der Waals surface area contributed by atoms with Gasteiger partial charge in [-0.05, 0) is 30.7 Å². The Hall–Kier alpha value is -1.45. The second-order valence-corrected chi connectivity index (χ2v) is 5.18. The van der Waals surface area contributed by atoms with Gasteiger partial charge in [-0.2, -0.15) is 0 Å². The van der Waals surface area contributed by atoms with E-state index in [1.54, 1.807) is 11.8 Å². The van der Waals surface area contributed by atoms with E-state index in [9.17, 15) is 0 Å². The quantitative estimate of drug-likeness (QED) is 0.811. The zero-order chi connectivity index (χ0) is 13.5. The molecule has 0 amide bonds. The van der Waals surface area contributed by atoms with Crippen molar-refractivity contribution in [3.8, 4) is 5.75 Å². The number of aliphatic hydroxyl groups is 1. The van der Waals surface area contributed by atoms with E-state index in [2.05, 4.69) is 6.07 Å². The zero-order valence-corrected chi connectivity index (χ0v) is 11.8. The molecule has 0 aliphatic heterocycles. The summed E-state index contributed by atoms with van der Waals surface area (Å²) in [5, 5.41) is 9.01. The first-order valence-electron chi connectivity index (χ1n) is 6.36. The van der Waals surface area contributed by atoms with Crippen LogP contribution in [0.4, 0.5) is 0 Å². The molecule has 2 nitrogen and oxygen atoms in total. The van der Waals surface area contributed by atoms with Crippen LogP contribution in [0.15, 0.2) is 53.4 Å². The normalized spacial score (nSPS) is 10.4. The summed E-state index contributed by atoms with van der Waals surface area (Å²) in [4.78, 5) is 1.20. The van der Waals surface area contributed by atoms with Crippen LogP contribution in [-0.4, -0.2) is 11.7 Å². The van der Waals surface area contributed by atoms with E-state index in [1.165, 1.54) is 10.5 Å². The molecule has 2 aromatic carbocycles. The van der Waals surface area contributed by atoms with E-state index in [-0.39, 0.29) is 6.61 Å². The number of hydrogen-bond donors (Lipinski definition) is 1. The third-order valence-electron chi connectivity index (χ3n) is 2.77. The van der Waals surface area contributed by atoms with Crippen LogP contribution >= 0.6 is 11.8 Å². The van der Waals surface area contributed by atoms with Gasteiger partial charge in [-0.1, -0.05) is 30.3 Å². The van der Waals surface area contributed by atoms with E-state index >= 15 is 0 Å². The fourth-order valence-corrected chi connectivity index (χ4v) is 2.66. The summed E-state index contributed by atoms with van der Waals surface area (Å²) < 4.78 is 5.62. The average molecular weight is 274 g/mol. The SMILES string of the molecule is CCOc1ccccc1CSc1ccc(CO)cc1. The first-order chi connectivity index (χ1) is 9.33. The molecule has 100 valence electrons.